The fourth-order valence-electron chi connectivity index (χ4n) is 1.57. The number of carbonyl (C=O) groups is 1. The van der Waals surface area contributed by atoms with Gasteiger partial charge in [0.05, 0.1) is 0 Å². The number of nitrogens with two attached hydrogens (primary N) is 1. The predicted molar refractivity (Wildman–Crippen MR) is 73.0 cm³/mol. The first kappa shape index (κ1) is 17.1. The molecular weight excluding hydrogens is 287 g/mol. The van der Waals surface area contributed by atoms with Crippen LogP contribution >= 0.6 is 0 Å². The second kappa shape index (κ2) is 7.16. The molecule has 4 N–H and O–H groups in total. The number of halogens is 3. The van der Waals surface area contributed by atoms with Gasteiger partial charge in [-0.3, -0.25) is 0 Å². The van der Waals surface area contributed by atoms with E-state index in [1.165, 1.54) is 12.1 Å². The zero-order chi connectivity index (χ0) is 16.0. The third kappa shape index (κ3) is 6.35. The molecule has 5 nitrogen and oxygen atoms in total. The molecule has 0 spiro atoms. The highest BCUT2D eigenvalue weighted by atomic mass is 19.4. The largest absolute Gasteiger partial charge is 0.573 e. The lowest BCUT2D eigenvalue weighted by molar-refractivity contribution is -0.274. The lowest BCUT2D eigenvalue weighted by Gasteiger charge is -2.20. The Labute approximate surface area is 120 Å². The monoisotopic (exact) mass is 305 g/mol. The number of rotatable bonds is 5. The number of hydrogen-bond acceptors (Lipinski definition) is 3. The van der Waals surface area contributed by atoms with Gasteiger partial charge >= 0.3 is 12.4 Å². The fraction of sp³-hybridized carbons (Fsp3) is 0.462. The van der Waals surface area contributed by atoms with Crippen LogP contribution in [0.25, 0.3) is 0 Å². The molecule has 8 heteroatoms. The first-order valence-corrected chi connectivity index (χ1v) is 6.34. The first-order valence-electron chi connectivity index (χ1n) is 6.34. The molecule has 0 saturated carbocycles. The van der Waals surface area contributed by atoms with Gasteiger partial charge in [-0.1, -0.05) is 13.8 Å². The minimum Gasteiger partial charge on any atom is -0.406 e. The summed E-state index contributed by atoms with van der Waals surface area (Å²) in [7, 11) is 0. The number of benzene rings is 1. The third-order valence-electron chi connectivity index (χ3n) is 2.72. The van der Waals surface area contributed by atoms with Crippen LogP contribution in [0.5, 0.6) is 5.75 Å². The maximum Gasteiger partial charge on any atom is 0.573 e. The average Bonchev–Trinajstić information content (AvgIpc) is 2.36. The molecule has 2 amide bonds. The van der Waals surface area contributed by atoms with E-state index in [4.69, 9.17) is 5.73 Å². The summed E-state index contributed by atoms with van der Waals surface area (Å²) >= 11 is 0. The molecule has 1 unspecified atom stereocenters. The lowest BCUT2D eigenvalue weighted by Crippen LogP contribution is -2.45. The van der Waals surface area contributed by atoms with Crippen LogP contribution in [0.1, 0.15) is 13.8 Å². The van der Waals surface area contributed by atoms with Crippen LogP contribution in [-0.2, 0) is 0 Å². The van der Waals surface area contributed by atoms with Crippen molar-refractivity contribution < 1.29 is 22.7 Å². The molecule has 0 fully saturated rings. The second-order valence-electron chi connectivity index (χ2n) is 4.76. The quantitative estimate of drug-likeness (QED) is 0.783. The third-order valence-corrected chi connectivity index (χ3v) is 2.72. The van der Waals surface area contributed by atoms with Crippen LogP contribution in [0, 0.1) is 5.92 Å². The lowest BCUT2D eigenvalue weighted by atomic mass is 10.1. The summed E-state index contributed by atoms with van der Waals surface area (Å²) in [6.07, 6.45) is -4.74. The Morgan fingerprint density at radius 3 is 2.29 bits per heavy atom. The minimum atomic E-state index is -4.74. The van der Waals surface area contributed by atoms with E-state index < -0.39 is 12.4 Å². The van der Waals surface area contributed by atoms with Crippen molar-refractivity contribution in [3.05, 3.63) is 24.3 Å². The Balaban J connectivity index is 2.57. The Bertz CT molecular complexity index is 461. The highest BCUT2D eigenvalue weighted by Crippen LogP contribution is 2.23. The molecule has 1 aromatic rings. The van der Waals surface area contributed by atoms with Crippen molar-refractivity contribution in [3.63, 3.8) is 0 Å². The molecule has 118 valence electrons. The molecular formula is C13H18F3N3O2. The van der Waals surface area contributed by atoms with Gasteiger partial charge < -0.3 is 21.1 Å². The van der Waals surface area contributed by atoms with E-state index in [1.807, 2.05) is 13.8 Å². The highest BCUT2D eigenvalue weighted by molar-refractivity contribution is 5.89. The molecule has 1 rings (SSSR count). The molecule has 21 heavy (non-hydrogen) atoms. The van der Waals surface area contributed by atoms with Crippen LogP contribution < -0.4 is 21.1 Å². The molecule has 0 aliphatic carbocycles. The summed E-state index contributed by atoms with van der Waals surface area (Å²) in [6, 6.07) is 4.21. The summed E-state index contributed by atoms with van der Waals surface area (Å²) in [5.41, 5.74) is 5.88. The molecule has 0 aliphatic heterocycles. The number of alkyl halides is 3. The van der Waals surface area contributed by atoms with E-state index in [0.717, 1.165) is 12.1 Å². The molecule has 0 aliphatic rings. The predicted octanol–water partition coefficient (Wildman–Crippen LogP) is 2.69. The number of nitrogens with one attached hydrogen (secondary N) is 2. The number of amides is 2. The van der Waals surface area contributed by atoms with Gasteiger partial charge in [-0.2, -0.15) is 0 Å². The van der Waals surface area contributed by atoms with E-state index in [-0.39, 0.29) is 17.7 Å². The summed E-state index contributed by atoms with van der Waals surface area (Å²) in [5, 5.41) is 5.19. The Morgan fingerprint density at radius 1 is 1.29 bits per heavy atom. The summed E-state index contributed by atoms with van der Waals surface area (Å²) < 4.78 is 39.7. The van der Waals surface area contributed by atoms with Crippen LogP contribution in [-0.4, -0.2) is 25.0 Å². The van der Waals surface area contributed by atoms with Gasteiger partial charge in [-0.05, 0) is 30.2 Å². The second-order valence-corrected chi connectivity index (χ2v) is 4.76. The number of anilines is 1. The number of urea groups is 1. The van der Waals surface area contributed by atoms with Crippen molar-refractivity contribution in [3.8, 4) is 5.75 Å². The highest BCUT2D eigenvalue weighted by Gasteiger charge is 2.30. The Hall–Kier alpha value is -1.96. The van der Waals surface area contributed by atoms with Gasteiger partial charge in [0.2, 0.25) is 0 Å². The molecule has 1 atom stereocenters. The van der Waals surface area contributed by atoms with Crippen molar-refractivity contribution >= 4 is 11.7 Å². The van der Waals surface area contributed by atoms with E-state index in [2.05, 4.69) is 15.4 Å². The Kier molecular flexibility index (Phi) is 5.83. The van der Waals surface area contributed by atoms with Gasteiger partial charge in [-0.25, -0.2) is 4.79 Å². The van der Waals surface area contributed by atoms with Crippen molar-refractivity contribution in [2.24, 2.45) is 11.7 Å². The van der Waals surface area contributed by atoms with Gasteiger partial charge in [0.15, 0.2) is 0 Å². The summed E-state index contributed by atoms with van der Waals surface area (Å²) in [5.74, 6) is -0.182. The fourth-order valence-corrected chi connectivity index (χ4v) is 1.57. The van der Waals surface area contributed by atoms with Crippen molar-refractivity contribution in [2.75, 3.05) is 11.9 Å². The molecule has 1 aromatic carbocycles. The van der Waals surface area contributed by atoms with Gasteiger partial charge in [0.25, 0.3) is 0 Å². The van der Waals surface area contributed by atoms with Crippen molar-refractivity contribution in [1.29, 1.82) is 0 Å². The number of hydrogen-bond donors (Lipinski definition) is 3. The standard InChI is InChI=1S/C13H18F3N3O2/c1-8(2)11(7-17)19-12(20)18-9-3-5-10(6-4-9)21-13(14,15)16/h3-6,8,11H,7,17H2,1-2H3,(H2,18,19,20). The van der Waals surface area contributed by atoms with Crippen LogP contribution in [0.4, 0.5) is 23.7 Å². The van der Waals surface area contributed by atoms with Crippen LogP contribution in [0.2, 0.25) is 0 Å². The van der Waals surface area contributed by atoms with Crippen molar-refractivity contribution in [2.45, 2.75) is 26.3 Å². The van der Waals surface area contributed by atoms with E-state index in [9.17, 15) is 18.0 Å². The maximum atomic E-state index is 12.0. The van der Waals surface area contributed by atoms with E-state index in [0.29, 0.717) is 12.2 Å². The van der Waals surface area contributed by atoms with Crippen LogP contribution in [0.15, 0.2) is 24.3 Å². The molecule has 0 radical (unpaired) electrons. The first-order chi connectivity index (χ1) is 9.71. The van der Waals surface area contributed by atoms with Gasteiger partial charge in [-0.15, -0.1) is 13.2 Å². The smallest absolute Gasteiger partial charge is 0.406 e. The number of ether oxygens (including phenoxy) is 1. The Morgan fingerprint density at radius 2 is 1.86 bits per heavy atom. The summed E-state index contributed by atoms with van der Waals surface area (Å²) in [4.78, 5) is 11.7. The molecule has 0 heterocycles. The molecule has 0 bridgehead atoms. The SMILES string of the molecule is CC(C)C(CN)NC(=O)Nc1ccc(OC(F)(F)F)cc1. The van der Waals surface area contributed by atoms with Gasteiger partial charge in [0.1, 0.15) is 5.75 Å². The van der Waals surface area contributed by atoms with E-state index >= 15 is 0 Å². The zero-order valence-electron chi connectivity index (χ0n) is 11.7. The summed E-state index contributed by atoms with van der Waals surface area (Å²) in [6.45, 7) is 4.13. The van der Waals surface area contributed by atoms with Crippen molar-refractivity contribution in [1.82, 2.24) is 5.32 Å². The topological polar surface area (TPSA) is 76.4 Å². The average molecular weight is 305 g/mol. The molecule has 0 saturated heterocycles. The normalized spacial score (nSPS) is 12.9. The van der Waals surface area contributed by atoms with E-state index in [1.54, 1.807) is 0 Å². The minimum absolute atomic E-state index is 0.170. The molecule has 0 aromatic heterocycles. The number of carbonyl (C=O) groups excluding carboxylic acids is 1. The van der Waals surface area contributed by atoms with Crippen LogP contribution in [0.3, 0.4) is 0 Å². The maximum absolute atomic E-state index is 12.0. The zero-order valence-corrected chi connectivity index (χ0v) is 11.7. The van der Waals surface area contributed by atoms with Gasteiger partial charge in [0, 0.05) is 18.3 Å².